The van der Waals surface area contributed by atoms with E-state index in [1.54, 1.807) is 6.20 Å². The van der Waals surface area contributed by atoms with E-state index in [9.17, 15) is 4.79 Å². The maximum atomic E-state index is 12.1. The minimum absolute atomic E-state index is 0.270. The molecule has 1 aliphatic heterocycles. The van der Waals surface area contributed by atoms with Crippen LogP contribution in [-0.2, 0) is 24.3 Å². The molecule has 0 spiro atoms. The summed E-state index contributed by atoms with van der Waals surface area (Å²) in [5.41, 5.74) is 3.02. The fourth-order valence-electron chi connectivity index (χ4n) is 2.36. The largest absolute Gasteiger partial charge is 0.443 e. The van der Waals surface area contributed by atoms with Gasteiger partial charge in [0.15, 0.2) is 0 Å². The van der Waals surface area contributed by atoms with E-state index in [1.165, 1.54) is 4.68 Å². The second-order valence-electron chi connectivity index (χ2n) is 4.85. The van der Waals surface area contributed by atoms with Crippen molar-refractivity contribution in [3.8, 4) is 0 Å². The van der Waals surface area contributed by atoms with Crippen molar-refractivity contribution in [3.05, 3.63) is 53.3 Å². The molecule has 3 rings (SSSR count). The molecule has 2 heterocycles. The molecule has 104 valence electrons. The Labute approximate surface area is 117 Å². The molecule has 1 aromatic heterocycles. The summed E-state index contributed by atoms with van der Waals surface area (Å²) in [6.07, 6.45) is 3.20. The molecule has 20 heavy (non-hydrogen) atoms. The topological polar surface area (TPSA) is 56.2 Å². The third kappa shape index (κ3) is 2.72. The highest BCUT2D eigenvalue weighted by atomic mass is 16.6. The van der Waals surface area contributed by atoms with Crippen LogP contribution >= 0.6 is 0 Å². The number of aromatic nitrogens is 2. The zero-order valence-corrected chi connectivity index (χ0v) is 11.2. The number of nitrogens with one attached hydrogen (secondary N) is 1. The molecule has 5 heteroatoms. The van der Waals surface area contributed by atoms with Gasteiger partial charge in [-0.25, -0.2) is 4.79 Å². The van der Waals surface area contributed by atoms with Gasteiger partial charge in [0.25, 0.3) is 0 Å². The predicted octanol–water partition coefficient (Wildman–Crippen LogP) is 2.10. The van der Waals surface area contributed by atoms with Crippen LogP contribution in [0.3, 0.4) is 0 Å². The summed E-state index contributed by atoms with van der Waals surface area (Å²) in [4.78, 5) is 12.1. The van der Waals surface area contributed by atoms with Crippen molar-refractivity contribution in [2.45, 2.75) is 26.0 Å². The van der Waals surface area contributed by atoms with Crippen LogP contribution in [-0.4, -0.2) is 22.4 Å². The summed E-state index contributed by atoms with van der Waals surface area (Å²) in [7, 11) is 0. The number of fused-ring (bicyclic) bond motifs is 1. The van der Waals surface area contributed by atoms with Crippen LogP contribution in [0.15, 0.2) is 36.5 Å². The average Bonchev–Trinajstić information content (AvgIpc) is 2.75. The number of hydrogen-bond donors (Lipinski definition) is 1. The first-order chi connectivity index (χ1) is 9.84. The number of rotatable bonds is 2. The number of benzene rings is 1. The van der Waals surface area contributed by atoms with Crippen LogP contribution in [0.1, 0.15) is 23.2 Å². The molecular formula is C15H17N3O2. The lowest BCUT2D eigenvalue weighted by Gasteiger charge is -2.07. The van der Waals surface area contributed by atoms with Gasteiger partial charge in [0.1, 0.15) is 6.61 Å². The summed E-state index contributed by atoms with van der Waals surface area (Å²) in [6, 6.07) is 9.65. The Bertz CT molecular complexity index is 592. The van der Waals surface area contributed by atoms with E-state index in [0.717, 1.165) is 42.8 Å². The molecule has 1 aliphatic rings. The van der Waals surface area contributed by atoms with Crippen LogP contribution in [0.25, 0.3) is 0 Å². The molecule has 1 N–H and O–H groups in total. The Balaban J connectivity index is 1.70. The van der Waals surface area contributed by atoms with Crippen LogP contribution < -0.4 is 5.32 Å². The van der Waals surface area contributed by atoms with Crippen molar-refractivity contribution in [1.82, 2.24) is 15.1 Å². The van der Waals surface area contributed by atoms with Gasteiger partial charge in [-0.1, -0.05) is 30.3 Å². The lowest BCUT2D eigenvalue weighted by Crippen LogP contribution is -2.18. The summed E-state index contributed by atoms with van der Waals surface area (Å²) in [5, 5.41) is 7.46. The van der Waals surface area contributed by atoms with E-state index in [-0.39, 0.29) is 6.61 Å². The number of carbonyl (C=O) groups is 1. The summed E-state index contributed by atoms with van der Waals surface area (Å²) in [6.45, 7) is 2.00. The number of hydrogen-bond acceptors (Lipinski definition) is 4. The van der Waals surface area contributed by atoms with Crippen molar-refractivity contribution in [2.75, 3.05) is 6.54 Å². The Kier molecular flexibility index (Phi) is 3.78. The van der Waals surface area contributed by atoms with Crippen LogP contribution in [0.5, 0.6) is 0 Å². The molecule has 0 unspecified atom stereocenters. The van der Waals surface area contributed by atoms with Gasteiger partial charge in [0, 0.05) is 12.1 Å². The van der Waals surface area contributed by atoms with E-state index in [2.05, 4.69) is 10.4 Å². The minimum atomic E-state index is -0.406. The summed E-state index contributed by atoms with van der Waals surface area (Å²) >= 11 is 0. The van der Waals surface area contributed by atoms with Crippen LogP contribution in [0.2, 0.25) is 0 Å². The van der Waals surface area contributed by atoms with E-state index in [1.807, 2.05) is 30.3 Å². The fraction of sp³-hybridized carbons (Fsp3) is 0.333. The fourth-order valence-corrected chi connectivity index (χ4v) is 2.36. The Morgan fingerprint density at radius 1 is 1.35 bits per heavy atom. The Hall–Kier alpha value is -2.14. The SMILES string of the molecule is O=C(OCc1ccccc1)n1ncc2c1CCCNC2. The third-order valence-electron chi connectivity index (χ3n) is 3.42. The Morgan fingerprint density at radius 3 is 3.05 bits per heavy atom. The number of ether oxygens (including phenoxy) is 1. The van der Waals surface area contributed by atoms with Gasteiger partial charge >= 0.3 is 6.09 Å². The van der Waals surface area contributed by atoms with Gasteiger partial charge < -0.3 is 10.1 Å². The van der Waals surface area contributed by atoms with E-state index < -0.39 is 6.09 Å². The molecule has 5 nitrogen and oxygen atoms in total. The second kappa shape index (κ2) is 5.88. The molecule has 0 radical (unpaired) electrons. The number of carbonyl (C=O) groups excluding carboxylic acids is 1. The Morgan fingerprint density at radius 2 is 2.20 bits per heavy atom. The molecule has 0 saturated heterocycles. The summed E-state index contributed by atoms with van der Waals surface area (Å²) in [5.74, 6) is 0. The third-order valence-corrected chi connectivity index (χ3v) is 3.42. The highest BCUT2D eigenvalue weighted by Gasteiger charge is 2.18. The molecular weight excluding hydrogens is 254 g/mol. The van der Waals surface area contributed by atoms with E-state index >= 15 is 0 Å². The van der Waals surface area contributed by atoms with Crippen LogP contribution in [0.4, 0.5) is 4.79 Å². The van der Waals surface area contributed by atoms with E-state index in [0.29, 0.717) is 0 Å². The molecule has 0 fully saturated rings. The van der Waals surface area contributed by atoms with Gasteiger partial charge in [-0.05, 0) is 24.9 Å². The molecule has 0 bridgehead atoms. The first kappa shape index (κ1) is 12.9. The minimum Gasteiger partial charge on any atom is -0.443 e. The smallest absolute Gasteiger partial charge is 0.435 e. The standard InChI is InChI=1S/C15H17N3O2/c19-15(20-11-12-5-2-1-3-6-12)18-14-7-4-8-16-9-13(14)10-17-18/h1-3,5-6,10,16H,4,7-9,11H2. The maximum Gasteiger partial charge on any atom is 0.435 e. The molecule has 0 saturated carbocycles. The summed E-state index contributed by atoms with van der Waals surface area (Å²) < 4.78 is 6.71. The average molecular weight is 271 g/mol. The molecule has 0 amide bonds. The second-order valence-corrected chi connectivity index (χ2v) is 4.85. The van der Waals surface area contributed by atoms with Crippen molar-refractivity contribution >= 4 is 6.09 Å². The lowest BCUT2D eigenvalue weighted by atomic mass is 10.2. The molecule has 2 aromatic rings. The molecule has 0 aliphatic carbocycles. The lowest BCUT2D eigenvalue weighted by molar-refractivity contribution is 0.137. The van der Waals surface area contributed by atoms with Crippen molar-refractivity contribution < 1.29 is 9.53 Å². The van der Waals surface area contributed by atoms with Gasteiger partial charge in [-0.3, -0.25) is 0 Å². The predicted molar refractivity (Wildman–Crippen MR) is 74.3 cm³/mol. The zero-order chi connectivity index (χ0) is 13.8. The highest BCUT2D eigenvalue weighted by Crippen LogP contribution is 2.14. The van der Waals surface area contributed by atoms with Gasteiger partial charge in [0.2, 0.25) is 0 Å². The number of nitrogens with zero attached hydrogens (tertiary/aromatic N) is 2. The highest BCUT2D eigenvalue weighted by molar-refractivity contribution is 5.70. The van der Waals surface area contributed by atoms with Crippen molar-refractivity contribution in [3.63, 3.8) is 0 Å². The van der Waals surface area contributed by atoms with Gasteiger partial charge in [0.05, 0.1) is 11.9 Å². The first-order valence-electron chi connectivity index (χ1n) is 6.82. The monoisotopic (exact) mass is 271 g/mol. The van der Waals surface area contributed by atoms with Crippen molar-refractivity contribution in [2.24, 2.45) is 0 Å². The van der Waals surface area contributed by atoms with Crippen LogP contribution in [0, 0.1) is 0 Å². The maximum absolute atomic E-state index is 12.1. The molecule has 0 atom stereocenters. The van der Waals surface area contributed by atoms with Crippen molar-refractivity contribution in [1.29, 1.82) is 0 Å². The van der Waals surface area contributed by atoms with E-state index in [4.69, 9.17) is 4.74 Å². The first-order valence-corrected chi connectivity index (χ1v) is 6.82. The van der Waals surface area contributed by atoms with Gasteiger partial charge in [-0.2, -0.15) is 9.78 Å². The quantitative estimate of drug-likeness (QED) is 0.909. The zero-order valence-electron chi connectivity index (χ0n) is 11.2. The van der Waals surface area contributed by atoms with Gasteiger partial charge in [-0.15, -0.1) is 0 Å². The normalized spacial score (nSPS) is 14.4. The molecule has 1 aromatic carbocycles.